The molecule has 10 nitrogen and oxygen atoms in total. The standard InChI is InChI=1S/C16H13ClN6O4S/c1-27-12-5-3-11(4-6-12)22-16(19-20-21-22)28-9-15(24)18-10-2-7-14(23(25)26)13(17)8-10/h2-8H,9H2,1H3,(H,18,24). The highest BCUT2D eigenvalue weighted by Crippen LogP contribution is 2.27. The number of tetrazole rings is 1. The number of hydrogen-bond acceptors (Lipinski definition) is 8. The Bertz CT molecular complexity index is 1010. The summed E-state index contributed by atoms with van der Waals surface area (Å²) in [6.07, 6.45) is 0. The van der Waals surface area contributed by atoms with E-state index in [2.05, 4.69) is 20.8 Å². The number of methoxy groups -OCH3 is 1. The number of nitrogens with one attached hydrogen (secondary N) is 1. The molecule has 1 aromatic heterocycles. The second-order valence-electron chi connectivity index (χ2n) is 5.33. The molecule has 0 radical (unpaired) electrons. The average molecular weight is 421 g/mol. The van der Waals surface area contributed by atoms with Gasteiger partial charge in [0.25, 0.3) is 5.69 Å². The van der Waals surface area contributed by atoms with Gasteiger partial charge in [-0.1, -0.05) is 23.4 Å². The highest BCUT2D eigenvalue weighted by Gasteiger charge is 2.15. The fourth-order valence-corrected chi connectivity index (χ4v) is 3.15. The van der Waals surface area contributed by atoms with Crippen LogP contribution in [0.5, 0.6) is 5.75 Å². The number of thioether (sulfide) groups is 1. The number of aromatic nitrogens is 4. The minimum atomic E-state index is -0.594. The summed E-state index contributed by atoms with van der Waals surface area (Å²) in [7, 11) is 1.57. The zero-order valence-corrected chi connectivity index (χ0v) is 16.0. The summed E-state index contributed by atoms with van der Waals surface area (Å²) in [4.78, 5) is 22.3. The van der Waals surface area contributed by atoms with Crippen LogP contribution in [0.15, 0.2) is 47.6 Å². The van der Waals surface area contributed by atoms with E-state index in [9.17, 15) is 14.9 Å². The number of nitro groups is 1. The van der Waals surface area contributed by atoms with Crippen LogP contribution < -0.4 is 10.1 Å². The molecule has 1 heterocycles. The fourth-order valence-electron chi connectivity index (χ4n) is 2.21. The van der Waals surface area contributed by atoms with Crippen LogP contribution in [0, 0.1) is 10.1 Å². The van der Waals surface area contributed by atoms with Gasteiger partial charge in [-0.3, -0.25) is 14.9 Å². The Kier molecular flexibility index (Phi) is 6.06. The van der Waals surface area contributed by atoms with Crippen molar-refractivity contribution in [1.29, 1.82) is 0 Å². The molecule has 0 atom stereocenters. The van der Waals surface area contributed by atoms with Gasteiger partial charge in [0.2, 0.25) is 11.1 Å². The van der Waals surface area contributed by atoms with Crippen molar-refractivity contribution >= 4 is 40.6 Å². The molecule has 0 unspecified atom stereocenters. The maximum atomic E-state index is 12.2. The number of rotatable bonds is 7. The Balaban J connectivity index is 1.63. The molecule has 3 aromatic rings. The molecular formula is C16H13ClN6O4S. The predicted octanol–water partition coefficient (Wildman–Crippen LogP) is 2.96. The third-order valence-corrected chi connectivity index (χ3v) is 4.74. The van der Waals surface area contributed by atoms with E-state index < -0.39 is 4.92 Å². The molecule has 0 saturated carbocycles. The van der Waals surface area contributed by atoms with Crippen molar-refractivity contribution in [2.24, 2.45) is 0 Å². The van der Waals surface area contributed by atoms with Crippen LogP contribution in [0.4, 0.5) is 11.4 Å². The number of nitrogens with zero attached hydrogens (tertiary/aromatic N) is 5. The van der Waals surface area contributed by atoms with E-state index in [1.54, 1.807) is 31.4 Å². The lowest BCUT2D eigenvalue weighted by Crippen LogP contribution is -2.14. The smallest absolute Gasteiger partial charge is 0.288 e. The Labute approximate surface area is 168 Å². The maximum Gasteiger partial charge on any atom is 0.288 e. The second kappa shape index (κ2) is 8.67. The van der Waals surface area contributed by atoms with Gasteiger partial charge in [-0.15, -0.1) is 5.10 Å². The lowest BCUT2D eigenvalue weighted by molar-refractivity contribution is -0.384. The van der Waals surface area contributed by atoms with Gasteiger partial charge >= 0.3 is 0 Å². The molecule has 2 aromatic carbocycles. The van der Waals surface area contributed by atoms with Gasteiger partial charge in [0.05, 0.1) is 23.5 Å². The van der Waals surface area contributed by atoms with E-state index in [0.717, 1.165) is 17.4 Å². The van der Waals surface area contributed by atoms with E-state index >= 15 is 0 Å². The molecule has 0 aliphatic rings. The molecule has 0 aliphatic heterocycles. The van der Waals surface area contributed by atoms with Gasteiger partial charge in [-0.05, 0) is 46.8 Å². The quantitative estimate of drug-likeness (QED) is 0.351. The Morgan fingerprint density at radius 1 is 1.32 bits per heavy atom. The number of ether oxygens (including phenoxy) is 1. The summed E-state index contributed by atoms with van der Waals surface area (Å²) >= 11 is 6.98. The second-order valence-corrected chi connectivity index (χ2v) is 6.68. The summed E-state index contributed by atoms with van der Waals surface area (Å²) < 4.78 is 6.62. The number of amides is 1. The topological polar surface area (TPSA) is 125 Å². The zero-order chi connectivity index (χ0) is 20.1. The Morgan fingerprint density at radius 3 is 2.71 bits per heavy atom. The van der Waals surface area contributed by atoms with Gasteiger partial charge in [0, 0.05) is 11.8 Å². The molecule has 0 saturated heterocycles. The third-order valence-electron chi connectivity index (χ3n) is 3.52. The number of carbonyl (C=O) groups is 1. The number of benzene rings is 2. The molecule has 0 bridgehead atoms. The number of hydrogen-bond donors (Lipinski definition) is 1. The average Bonchev–Trinajstić information content (AvgIpc) is 3.15. The summed E-state index contributed by atoms with van der Waals surface area (Å²) in [5.41, 5.74) is 0.847. The molecule has 1 amide bonds. The largest absolute Gasteiger partial charge is 0.497 e. The third kappa shape index (κ3) is 4.56. The monoisotopic (exact) mass is 420 g/mol. The van der Waals surface area contributed by atoms with Gasteiger partial charge in [0.1, 0.15) is 10.8 Å². The predicted molar refractivity (Wildman–Crippen MR) is 103 cm³/mol. The van der Waals surface area contributed by atoms with Crippen molar-refractivity contribution in [3.05, 3.63) is 57.6 Å². The first-order valence-electron chi connectivity index (χ1n) is 7.77. The van der Waals surface area contributed by atoms with Crippen molar-refractivity contribution in [1.82, 2.24) is 20.2 Å². The van der Waals surface area contributed by atoms with Gasteiger partial charge in [0.15, 0.2) is 0 Å². The first kappa shape index (κ1) is 19.6. The first-order chi connectivity index (χ1) is 13.5. The Hall–Kier alpha value is -3.18. The summed E-state index contributed by atoms with van der Waals surface area (Å²) in [6, 6.07) is 11.1. The van der Waals surface area contributed by atoms with E-state index in [4.69, 9.17) is 16.3 Å². The van der Waals surface area contributed by atoms with Crippen LogP contribution in [0.3, 0.4) is 0 Å². The molecule has 0 aliphatic carbocycles. The van der Waals surface area contributed by atoms with Crippen LogP contribution in [-0.4, -0.2) is 43.9 Å². The molecule has 144 valence electrons. The van der Waals surface area contributed by atoms with Crippen molar-refractivity contribution in [3.63, 3.8) is 0 Å². The minimum Gasteiger partial charge on any atom is -0.497 e. The fraction of sp³-hybridized carbons (Fsp3) is 0.125. The molecular weight excluding hydrogens is 408 g/mol. The van der Waals surface area contributed by atoms with Crippen LogP contribution in [-0.2, 0) is 4.79 Å². The number of anilines is 1. The van der Waals surface area contributed by atoms with Crippen LogP contribution in [0.25, 0.3) is 5.69 Å². The summed E-state index contributed by atoms with van der Waals surface area (Å²) in [6.45, 7) is 0. The number of halogens is 1. The SMILES string of the molecule is COc1ccc(-n2nnnc2SCC(=O)Nc2ccc([N+](=O)[O-])c(Cl)c2)cc1. The van der Waals surface area contributed by atoms with Gasteiger partial charge in [-0.25, -0.2) is 0 Å². The molecule has 28 heavy (non-hydrogen) atoms. The minimum absolute atomic E-state index is 0.0329. The van der Waals surface area contributed by atoms with Gasteiger partial charge < -0.3 is 10.1 Å². The van der Waals surface area contributed by atoms with E-state index in [1.807, 2.05) is 0 Å². The van der Waals surface area contributed by atoms with Crippen molar-refractivity contribution in [3.8, 4) is 11.4 Å². The maximum absolute atomic E-state index is 12.2. The van der Waals surface area contributed by atoms with Gasteiger partial charge in [-0.2, -0.15) is 4.68 Å². The van der Waals surface area contributed by atoms with E-state index in [1.165, 1.54) is 22.9 Å². The Morgan fingerprint density at radius 2 is 2.07 bits per heavy atom. The van der Waals surface area contributed by atoms with E-state index in [-0.39, 0.29) is 22.4 Å². The molecule has 0 fully saturated rings. The molecule has 1 N–H and O–H groups in total. The molecule has 12 heteroatoms. The number of nitro benzene ring substituents is 1. The van der Waals surface area contributed by atoms with Crippen LogP contribution >= 0.6 is 23.4 Å². The molecule has 0 spiro atoms. The van der Waals surface area contributed by atoms with Crippen LogP contribution in [0.2, 0.25) is 5.02 Å². The highest BCUT2D eigenvalue weighted by atomic mass is 35.5. The highest BCUT2D eigenvalue weighted by molar-refractivity contribution is 7.99. The molecule has 3 rings (SSSR count). The van der Waals surface area contributed by atoms with Crippen molar-refractivity contribution in [2.75, 3.05) is 18.2 Å². The lowest BCUT2D eigenvalue weighted by Gasteiger charge is -2.07. The zero-order valence-electron chi connectivity index (χ0n) is 14.4. The summed E-state index contributed by atoms with van der Waals surface area (Å²) in [5.74, 6) is 0.400. The van der Waals surface area contributed by atoms with Crippen LogP contribution in [0.1, 0.15) is 0 Å². The van der Waals surface area contributed by atoms with E-state index in [0.29, 0.717) is 16.6 Å². The normalized spacial score (nSPS) is 10.5. The summed E-state index contributed by atoms with van der Waals surface area (Å²) in [5, 5.41) is 25.3. The number of carbonyl (C=O) groups excluding carboxylic acids is 1. The van der Waals surface area contributed by atoms with Crippen molar-refractivity contribution in [2.45, 2.75) is 5.16 Å². The first-order valence-corrected chi connectivity index (χ1v) is 9.13. The lowest BCUT2D eigenvalue weighted by atomic mass is 10.3. The van der Waals surface area contributed by atoms with Crippen molar-refractivity contribution < 1.29 is 14.5 Å².